The number of aromatic nitrogens is 4. The number of anilines is 1. The number of hydrogen-bond acceptors (Lipinski definition) is 8. The fourth-order valence-corrected chi connectivity index (χ4v) is 5.55. The smallest absolute Gasteiger partial charge is 0.251 e. The molecule has 0 unspecified atom stereocenters. The van der Waals surface area contributed by atoms with Gasteiger partial charge in [0.15, 0.2) is 5.82 Å². The zero-order valence-corrected chi connectivity index (χ0v) is 17.9. The van der Waals surface area contributed by atoms with E-state index in [2.05, 4.69) is 27.4 Å². The molecule has 0 aromatic carbocycles. The average Bonchev–Trinajstić information content (AvgIpc) is 3.26. The number of fused-ring (bicyclic) bond motifs is 1. The molecule has 3 aromatic rings. The topological polar surface area (TPSA) is 142 Å². The molecular weight excluding hydrogens is 422 g/mol. The number of rotatable bonds is 6. The van der Waals surface area contributed by atoms with Gasteiger partial charge >= 0.3 is 0 Å². The van der Waals surface area contributed by atoms with Gasteiger partial charge in [-0.2, -0.15) is 0 Å². The van der Waals surface area contributed by atoms with Crippen LogP contribution in [-0.2, 0) is 17.6 Å². The predicted octanol–water partition coefficient (Wildman–Crippen LogP) is 2.07. The standard InChI is InChI=1S/C19H21N7O2S2/c1-10-4-5-12-13(7-10)30-18(15(12)16(20)28)23-14(27)9-29-19-25-24-17(26(19)21)11-3-2-6-22-8-11/h2-3,6,8,10H,4-5,7,9,21H2,1H3,(H2,20,28)(H,23,27)/t10-/m1/s1. The SMILES string of the molecule is C[C@@H]1CCc2c(sc(NC(=O)CSc3nnc(-c4cccnc4)n3N)c2C(N)=O)C1. The number of nitrogens with one attached hydrogen (secondary N) is 1. The van der Waals surface area contributed by atoms with E-state index in [-0.39, 0.29) is 11.7 Å². The van der Waals surface area contributed by atoms with Crippen molar-refractivity contribution in [3.05, 3.63) is 40.5 Å². The summed E-state index contributed by atoms with van der Waals surface area (Å²) in [4.78, 5) is 29.7. The summed E-state index contributed by atoms with van der Waals surface area (Å²) in [5, 5.41) is 11.9. The lowest BCUT2D eigenvalue weighted by Gasteiger charge is -2.18. The molecule has 0 aliphatic heterocycles. The summed E-state index contributed by atoms with van der Waals surface area (Å²) in [6.45, 7) is 2.18. The third kappa shape index (κ3) is 4.03. The summed E-state index contributed by atoms with van der Waals surface area (Å²) in [5.74, 6) is 6.38. The molecular formula is C19H21N7O2S2. The number of nitrogens with zero attached hydrogens (tertiary/aromatic N) is 4. The molecule has 3 heterocycles. The van der Waals surface area contributed by atoms with Crippen LogP contribution in [0.25, 0.3) is 11.4 Å². The summed E-state index contributed by atoms with van der Waals surface area (Å²) in [6, 6.07) is 3.61. The van der Waals surface area contributed by atoms with E-state index in [1.807, 2.05) is 6.07 Å². The third-order valence-corrected chi connectivity index (χ3v) is 7.04. The lowest BCUT2D eigenvalue weighted by atomic mass is 9.88. The lowest BCUT2D eigenvalue weighted by molar-refractivity contribution is -0.113. The van der Waals surface area contributed by atoms with Gasteiger partial charge in [0.1, 0.15) is 5.00 Å². The number of hydrogen-bond donors (Lipinski definition) is 3. The highest BCUT2D eigenvalue weighted by Gasteiger charge is 2.27. The van der Waals surface area contributed by atoms with Crippen molar-refractivity contribution in [1.82, 2.24) is 19.9 Å². The second kappa shape index (κ2) is 8.44. The van der Waals surface area contributed by atoms with Gasteiger partial charge in [-0.25, -0.2) is 4.68 Å². The molecule has 0 saturated heterocycles. The van der Waals surface area contributed by atoms with E-state index in [1.54, 1.807) is 18.5 Å². The number of pyridine rings is 1. The Labute approximate surface area is 181 Å². The van der Waals surface area contributed by atoms with E-state index in [1.165, 1.54) is 16.0 Å². The molecule has 0 bridgehead atoms. The molecule has 5 N–H and O–H groups in total. The van der Waals surface area contributed by atoms with Crippen LogP contribution >= 0.6 is 23.1 Å². The van der Waals surface area contributed by atoms with Crippen LogP contribution in [0.4, 0.5) is 5.00 Å². The first-order valence-corrected chi connectivity index (χ1v) is 11.2. The quantitative estimate of drug-likeness (QED) is 0.391. The van der Waals surface area contributed by atoms with E-state index >= 15 is 0 Å². The van der Waals surface area contributed by atoms with Crippen LogP contribution in [0.2, 0.25) is 0 Å². The third-order valence-electron chi connectivity index (χ3n) is 4.93. The first kappa shape index (κ1) is 20.4. The van der Waals surface area contributed by atoms with Gasteiger partial charge in [-0.1, -0.05) is 18.7 Å². The zero-order valence-electron chi connectivity index (χ0n) is 16.3. The molecule has 1 aliphatic carbocycles. The fourth-order valence-electron chi connectivity index (χ4n) is 3.46. The second-order valence-corrected chi connectivity index (χ2v) is 9.22. The number of carbonyl (C=O) groups is 2. The molecule has 2 amide bonds. The van der Waals surface area contributed by atoms with Crippen LogP contribution < -0.4 is 16.9 Å². The van der Waals surface area contributed by atoms with E-state index in [9.17, 15) is 9.59 Å². The Bertz CT molecular complexity index is 1090. The maximum Gasteiger partial charge on any atom is 0.251 e. The molecule has 9 nitrogen and oxygen atoms in total. The van der Waals surface area contributed by atoms with Gasteiger partial charge in [0.2, 0.25) is 11.1 Å². The monoisotopic (exact) mass is 443 g/mol. The van der Waals surface area contributed by atoms with Gasteiger partial charge in [0.05, 0.1) is 11.3 Å². The summed E-state index contributed by atoms with van der Waals surface area (Å²) in [7, 11) is 0. The molecule has 4 rings (SSSR count). The molecule has 156 valence electrons. The van der Waals surface area contributed by atoms with Crippen LogP contribution in [-0.4, -0.2) is 37.4 Å². The number of nitrogens with two attached hydrogens (primary N) is 2. The highest BCUT2D eigenvalue weighted by molar-refractivity contribution is 7.99. The Morgan fingerprint density at radius 3 is 2.97 bits per heavy atom. The van der Waals surface area contributed by atoms with Gasteiger partial charge < -0.3 is 16.9 Å². The van der Waals surface area contributed by atoms with Gasteiger partial charge in [-0.3, -0.25) is 14.6 Å². The van der Waals surface area contributed by atoms with E-state index < -0.39 is 5.91 Å². The molecule has 3 aromatic heterocycles. The normalized spacial score (nSPS) is 15.6. The highest BCUT2D eigenvalue weighted by Crippen LogP contribution is 2.39. The number of nitrogen functional groups attached to an aromatic ring is 1. The molecule has 11 heteroatoms. The maximum absolute atomic E-state index is 12.5. The number of primary amides is 1. The summed E-state index contributed by atoms with van der Waals surface area (Å²) in [6.07, 6.45) is 6.02. The van der Waals surface area contributed by atoms with Crippen molar-refractivity contribution < 1.29 is 9.59 Å². The van der Waals surface area contributed by atoms with Gasteiger partial charge in [-0.05, 0) is 42.9 Å². The van der Waals surface area contributed by atoms with Crippen molar-refractivity contribution in [3.8, 4) is 11.4 Å². The first-order chi connectivity index (χ1) is 14.4. The largest absolute Gasteiger partial charge is 0.365 e. The minimum absolute atomic E-state index is 0.0690. The van der Waals surface area contributed by atoms with Crippen molar-refractivity contribution in [2.24, 2.45) is 11.7 Å². The lowest BCUT2D eigenvalue weighted by Crippen LogP contribution is -2.20. The summed E-state index contributed by atoms with van der Waals surface area (Å²) >= 11 is 2.60. The van der Waals surface area contributed by atoms with Gasteiger partial charge in [0.25, 0.3) is 5.91 Å². The highest BCUT2D eigenvalue weighted by atomic mass is 32.2. The molecule has 1 atom stereocenters. The van der Waals surface area contributed by atoms with E-state index in [0.717, 1.165) is 47.0 Å². The van der Waals surface area contributed by atoms with Crippen LogP contribution in [0.3, 0.4) is 0 Å². The number of carbonyl (C=O) groups excluding carboxylic acids is 2. The van der Waals surface area contributed by atoms with Crippen LogP contribution in [0.5, 0.6) is 0 Å². The van der Waals surface area contributed by atoms with E-state index in [0.29, 0.717) is 27.5 Å². The average molecular weight is 444 g/mol. The van der Waals surface area contributed by atoms with Crippen molar-refractivity contribution in [2.45, 2.75) is 31.3 Å². The number of thiophene rings is 1. The molecule has 0 fully saturated rings. The fraction of sp³-hybridized carbons (Fsp3) is 0.316. The first-order valence-electron chi connectivity index (χ1n) is 9.42. The molecule has 0 saturated carbocycles. The summed E-state index contributed by atoms with van der Waals surface area (Å²) in [5.41, 5.74) is 7.76. The Morgan fingerprint density at radius 1 is 1.40 bits per heavy atom. The van der Waals surface area contributed by atoms with Crippen molar-refractivity contribution in [3.63, 3.8) is 0 Å². The van der Waals surface area contributed by atoms with Crippen molar-refractivity contribution >= 4 is 39.9 Å². The van der Waals surface area contributed by atoms with Crippen LogP contribution in [0.1, 0.15) is 34.1 Å². The Hall–Kier alpha value is -2.92. The maximum atomic E-state index is 12.5. The minimum Gasteiger partial charge on any atom is -0.365 e. The molecule has 1 aliphatic rings. The van der Waals surface area contributed by atoms with Crippen LogP contribution in [0, 0.1) is 5.92 Å². The van der Waals surface area contributed by atoms with Gasteiger partial charge in [0, 0.05) is 22.8 Å². The van der Waals surface area contributed by atoms with Gasteiger partial charge in [-0.15, -0.1) is 21.5 Å². The molecule has 30 heavy (non-hydrogen) atoms. The minimum atomic E-state index is -0.507. The van der Waals surface area contributed by atoms with Crippen molar-refractivity contribution in [2.75, 3.05) is 16.9 Å². The zero-order chi connectivity index (χ0) is 21.3. The summed E-state index contributed by atoms with van der Waals surface area (Å²) < 4.78 is 1.33. The van der Waals surface area contributed by atoms with Crippen LogP contribution in [0.15, 0.2) is 29.7 Å². The molecule has 0 spiro atoms. The second-order valence-electron chi connectivity index (χ2n) is 7.17. The Kier molecular flexibility index (Phi) is 5.73. The number of amides is 2. The van der Waals surface area contributed by atoms with E-state index in [4.69, 9.17) is 11.6 Å². The Balaban J connectivity index is 1.45. The predicted molar refractivity (Wildman–Crippen MR) is 117 cm³/mol. The number of thioether (sulfide) groups is 1. The van der Waals surface area contributed by atoms with Crippen molar-refractivity contribution in [1.29, 1.82) is 0 Å². The Morgan fingerprint density at radius 2 is 2.23 bits per heavy atom. The molecule has 0 radical (unpaired) electrons.